The van der Waals surface area contributed by atoms with Crippen molar-refractivity contribution in [3.63, 3.8) is 0 Å². The largest absolute Gasteiger partial charge is 0.496 e. The number of aliphatic hydroxyl groups excluding tert-OH is 1. The molecule has 2 N–H and O–H groups in total. The number of amides is 3. The first-order valence-electron chi connectivity index (χ1n) is 6.84. The number of nitrogens with one attached hydrogen (secondary N) is 1. The average molecular weight is 292 g/mol. The van der Waals surface area contributed by atoms with Crippen LogP contribution in [0.3, 0.4) is 0 Å². The number of aliphatic hydroxyl groups is 1. The van der Waals surface area contributed by atoms with E-state index in [2.05, 4.69) is 5.32 Å². The molecule has 1 aromatic rings. The minimum absolute atomic E-state index is 0.0601. The molecule has 0 spiro atoms. The Balaban J connectivity index is 2.32. The highest BCUT2D eigenvalue weighted by Gasteiger charge is 2.48. The Hall–Kier alpha value is -2.08. The molecule has 1 unspecified atom stereocenters. The number of rotatable bonds is 5. The zero-order valence-electron chi connectivity index (χ0n) is 12.5. The molecular formula is C15H20N2O4. The molecule has 3 amide bonds. The first-order valence-corrected chi connectivity index (χ1v) is 6.84. The van der Waals surface area contributed by atoms with Gasteiger partial charge in [0.15, 0.2) is 0 Å². The van der Waals surface area contributed by atoms with Gasteiger partial charge in [-0.05, 0) is 43.5 Å². The predicted molar refractivity (Wildman–Crippen MR) is 77.0 cm³/mol. The molecule has 21 heavy (non-hydrogen) atoms. The summed E-state index contributed by atoms with van der Waals surface area (Å²) in [5.74, 6) is 0.432. The van der Waals surface area contributed by atoms with Gasteiger partial charge in [0.05, 0.1) is 7.11 Å². The molecule has 1 fully saturated rings. The number of methoxy groups -OCH3 is 1. The highest BCUT2D eigenvalue weighted by atomic mass is 16.5. The molecular weight excluding hydrogens is 272 g/mol. The smallest absolute Gasteiger partial charge is 0.325 e. The maximum atomic E-state index is 12.5. The van der Waals surface area contributed by atoms with Crippen LogP contribution in [0.4, 0.5) is 4.79 Å². The number of ether oxygens (including phenoxy) is 1. The van der Waals surface area contributed by atoms with Crippen molar-refractivity contribution in [1.82, 2.24) is 10.2 Å². The van der Waals surface area contributed by atoms with Gasteiger partial charge in [-0.15, -0.1) is 0 Å². The Morgan fingerprint density at radius 1 is 1.38 bits per heavy atom. The molecule has 0 aromatic heterocycles. The average Bonchev–Trinajstić information content (AvgIpc) is 2.68. The van der Waals surface area contributed by atoms with Crippen LogP contribution in [-0.4, -0.2) is 42.2 Å². The predicted octanol–water partition coefficient (Wildman–Crippen LogP) is 1.15. The third kappa shape index (κ3) is 2.58. The lowest BCUT2D eigenvalue weighted by Crippen LogP contribution is -2.41. The molecule has 0 saturated carbocycles. The molecule has 2 rings (SSSR count). The van der Waals surface area contributed by atoms with Crippen LogP contribution in [0, 0.1) is 6.92 Å². The number of nitrogens with zero attached hydrogens (tertiary/aromatic N) is 1. The van der Waals surface area contributed by atoms with Crippen LogP contribution in [0.5, 0.6) is 5.75 Å². The summed E-state index contributed by atoms with van der Waals surface area (Å²) in [5, 5.41) is 11.6. The van der Waals surface area contributed by atoms with Gasteiger partial charge in [0, 0.05) is 13.2 Å². The number of aryl methyl sites for hydroxylation is 1. The Morgan fingerprint density at radius 3 is 2.67 bits per heavy atom. The number of carbonyl (C=O) groups excluding carboxylic acids is 2. The molecule has 0 bridgehead atoms. The fourth-order valence-corrected chi connectivity index (χ4v) is 2.51. The highest BCUT2D eigenvalue weighted by Crippen LogP contribution is 2.31. The Morgan fingerprint density at radius 2 is 2.10 bits per heavy atom. The number of hydrogen-bond acceptors (Lipinski definition) is 4. The first-order chi connectivity index (χ1) is 9.93. The van der Waals surface area contributed by atoms with Crippen LogP contribution in [0.15, 0.2) is 18.2 Å². The second-order valence-corrected chi connectivity index (χ2v) is 5.27. The molecule has 1 aliphatic heterocycles. The van der Waals surface area contributed by atoms with Crippen molar-refractivity contribution in [2.45, 2.75) is 25.8 Å². The van der Waals surface area contributed by atoms with E-state index in [1.54, 1.807) is 26.2 Å². The van der Waals surface area contributed by atoms with E-state index in [1.165, 1.54) is 0 Å². The highest BCUT2D eigenvalue weighted by molar-refractivity contribution is 6.07. The number of benzene rings is 1. The van der Waals surface area contributed by atoms with Gasteiger partial charge in [-0.3, -0.25) is 9.69 Å². The number of imide groups is 1. The van der Waals surface area contributed by atoms with E-state index in [0.717, 1.165) is 16.2 Å². The van der Waals surface area contributed by atoms with Crippen molar-refractivity contribution in [2.24, 2.45) is 0 Å². The van der Waals surface area contributed by atoms with E-state index in [1.807, 2.05) is 13.0 Å². The zero-order chi connectivity index (χ0) is 15.6. The topological polar surface area (TPSA) is 78.9 Å². The zero-order valence-corrected chi connectivity index (χ0v) is 12.5. The van der Waals surface area contributed by atoms with Crippen molar-refractivity contribution in [3.8, 4) is 5.75 Å². The lowest BCUT2D eigenvalue weighted by atomic mass is 9.90. The lowest BCUT2D eigenvalue weighted by molar-refractivity contribution is -0.131. The maximum Gasteiger partial charge on any atom is 0.325 e. The molecule has 1 heterocycles. The third-order valence-corrected chi connectivity index (χ3v) is 3.79. The molecule has 1 aromatic carbocycles. The minimum atomic E-state index is -1.08. The normalized spacial score (nSPS) is 21.6. The van der Waals surface area contributed by atoms with E-state index in [9.17, 15) is 9.59 Å². The summed E-state index contributed by atoms with van der Waals surface area (Å²) in [4.78, 5) is 25.7. The van der Waals surface area contributed by atoms with Gasteiger partial charge in [-0.1, -0.05) is 6.07 Å². The number of urea groups is 1. The minimum Gasteiger partial charge on any atom is -0.496 e. The van der Waals surface area contributed by atoms with Gasteiger partial charge in [0.1, 0.15) is 11.3 Å². The van der Waals surface area contributed by atoms with Gasteiger partial charge in [0.2, 0.25) is 0 Å². The summed E-state index contributed by atoms with van der Waals surface area (Å²) < 4.78 is 5.21. The van der Waals surface area contributed by atoms with Crippen molar-refractivity contribution in [3.05, 3.63) is 29.3 Å². The number of carbonyl (C=O) groups is 2. The standard InChI is InChI=1S/C15H20N2O4/c1-10-9-11(5-6-12(10)21-3)15(2)13(19)17(7-4-8-18)14(20)16-15/h5-6,9,18H,4,7-8H2,1-3H3,(H,16,20). The monoisotopic (exact) mass is 292 g/mol. The molecule has 1 atom stereocenters. The fraction of sp³-hybridized carbons (Fsp3) is 0.467. The van der Waals surface area contributed by atoms with Crippen LogP contribution in [0.25, 0.3) is 0 Å². The molecule has 0 aliphatic carbocycles. The van der Waals surface area contributed by atoms with Crippen molar-refractivity contribution >= 4 is 11.9 Å². The maximum absolute atomic E-state index is 12.5. The van der Waals surface area contributed by atoms with Crippen LogP contribution in [-0.2, 0) is 10.3 Å². The molecule has 0 radical (unpaired) electrons. The fourth-order valence-electron chi connectivity index (χ4n) is 2.51. The summed E-state index contributed by atoms with van der Waals surface area (Å²) in [7, 11) is 1.59. The van der Waals surface area contributed by atoms with E-state index in [-0.39, 0.29) is 19.1 Å². The van der Waals surface area contributed by atoms with Crippen LogP contribution in [0.2, 0.25) is 0 Å². The summed E-state index contributed by atoms with van der Waals surface area (Å²) in [5.41, 5.74) is 0.529. The molecule has 1 aliphatic rings. The van der Waals surface area contributed by atoms with E-state index in [4.69, 9.17) is 9.84 Å². The van der Waals surface area contributed by atoms with E-state index in [0.29, 0.717) is 12.0 Å². The van der Waals surface area contributed by atoms with Gasteiger partial charge in [0.25, 0.3) is 5.91 Å². The van der Waals surface area contributed by atoms with Gasteiger partial charge >= 0.3 is 6.03 Å². The van der Waals surface area contributed by atoms with Gasteiger partial charge < -0.3 is 15.2 Å². The van der Waals surface area contributed by atoms with E-state index >= 15 is 0 Å². The second-order valence-electron chi connectivity index (χ2n) is 5.27. The Kier molecular flexibility index (Phi) is 4.18. The molecule has 1 saturated heterocycles. The van der Waals surface area contributed by atoms with Crippen LogP contribution < -0.4 is 10.1 Å². The molecule has 114 valence electrons. The first kappa shape index (κ1) is 15.3. The molecule has 6 heteroatoms. The summed E-state index contributed by atoms with van der Waals surface area (Å²) in [6.45, 7) is 3.73. The third-order valence-electron chi connectivity index (χ3n) is 3.79. The van der Waals surface area contributed by atoms with Crippen molar-refractivity contribution < 1.29 is 19.4 Å². The second kappa shape index (κ2) is 5.73. The summed E-state index contributed by atoms with van der Waals surface area (Å²) in [6.07, 6.45) is 0.372. The summed E-state index contributed by atoms with van der Waals surface area (Å²) in [6, 6.07) is 4.97. The Bertz CT molecular complexity index is 573. The Labute approximate surface area is 123 Å². The lowest BCUT2D eigenvalue weighted by Gasteiger charge is -2.23. The number of hydrogen-bond donors (Lipinski definition) is 2. The quantitative estimate of drug-likeness (QED) is 0.798. The van der Waals surface area contributed by atoms with Crippen LogP contribution >= 0.6 is 0 Å². The van der Waals surface area contributed by atoms with Crippen molar-refractivity contribution in [2.75, 3.05) is 20.3 Å². The molecule has 6 nitrogen and oxygen atoms in total. The SMILES string of the molecule is COc1ccc(C2(C)NC(=O)N(CCCO)C2=O)cc1C. The van der Waals surface area contributed by atoms with E-state index < -0.39 is 11.6 Å². The van der Waals surface area contributed by atoms with Gasteiger partial charge in [-0.2, -0.15) is 0 Å². The van der Waals surface area contributed by atoms with Crippen LogP contribution in [0.1, 0.15) is 24.5 Å². The summed E-state index contributed by atoms with van der Waals surface area (Å²) >= 11 is 0. The van der Waals surface area contributed by atoms with Gasteiger partial charge in [-0.25, -0.2) is 4.79 Å². The van der Waals surface area contributed by atoms with Crippen molar-refractivity contribution in [1.29, 1.82) is 0 Å².